The van der Waals surface area contributed by atoms with Crippen molar-refractivity contribution in [1.29, 1.82) is 0 Å². The summed E-state index contributed by atoms with van der Waals surface area (Å²) in [6, 6.07) is 6.70. The third kappa shape index (κ3) is 4.24. The first-order valence-electron chi connectivity index (χ1n) is 11.8. The van der Waals surface area contributed by atoms with E-state index in [0.29, 0.717) is 17.6 Å². The third-order valence-electron chi connectivity index (χ3n) is 7.04. The molecule has 2 aromatic rings. The highest BCUT2D eigenvalue weighted by atomic mass is 32.1. The van der Waals surface area contributed by atoms with Crippen molar-refractivity contribution in [3.63, 3.8) is 0 Å². The zero-order valence-corrected chi connectivity index (χ0v) is 20.2. The molecule has 170 valence electrons. The highest BCUT2D eigenvalue weighted by Gasteiger charge is 2.38. The van der Waals surface area contributed by atoms with E-state index in [4.69, 9.17) is 15.5 Å². The fraction of sp³-hybridized carbons (Fsp3) is 0.500. The molecule has 32 heavy (non-hydrogen) atoms. The molecule has 2 fully saturated rings. The molecule has 0 spiro atoms. The smallest absolute Gasteiger partial charge is 0.142 e. The van der Waals surface area contributed by atoms with Crippen LogP contribution in [0, 0.1) is 5.92 Å². The molecule has 1 saturated heterocycles. The Morgan fingerprint density at radius 2 is 2.00 bits per heavy atom. The topological polar surface area (TPSA) is 54.6 Å². The Morgan fingerprint density at radius 1 is 1.19 bits per heavy atom. The number of allylic oxidation sites excluding steroid dienone is 3. The van der Waals surface area contributed by atoms with Crippen LogP contribution in [0.25, 0.3) is 16.1 Å². The number of ether oxygens (including phenoxy) is 1. The summed E-state index contributed by atoms with van der Waals surface area (Å²) in [6.07, 6.45) is 10.5. The first-order chi connectivity index (χ1) is 15.5. The molecular weight excluding hydrogens is 416 g/mol. The van der Waals surface area contributed by atoms with E-state index in [-0.39, 0.29) is 6.10 Å². The van der Waals surface area contributed by atoms with Crippen LogP contribution in [0.1, 0.15) is 38.0 Å². The van der Waals surface area contributed by atoms with Crippen molar-refractivity contribution in [3.05, 3.63) is 47.0 Å². The number of hydrogen-bond acceptors (Lipinski definition) is 6. The molecule has 0 bridgehead atoms. The minimum absolute atomic E-state index is 0.107. The van der Waals surface area contributed by atoms with Gasteiger partial charge in [-0.15, -0.1) is 11.3 Å². The number of nitrogens with zero attached hydrogens (tertiary/aromatic N) is 3. The van der Waals surface area contributed by atoms with Gasteiger partial charge in [0, 0.05) is 44.0 Å². The molecule has 6 heteroatoms. The number of nitrogens with two attached hydrogens (primary N) is 1. The SMILES string of the molecule is CC(C)Oc1ccc(-c2ncc(C3=C4CCC(N5CCN(C)CC5)C4CC=C3)s2)cc1N. The molecule has 1 aromatic heterocycles. The number of rotatable bonds is 5. The lowest BCUT2D eigenvalue weighted by Crippen LogP contribution is -2.50. The normalized spacial score (nSPS) is 24.4. The Morgan fingerprint density at radius 3 is 2.75 bits per heavy atom. The maximum absolute atomic E-state index is 6.25. The Labute approximate surface area is 195 Å². The molecule has 2 heterocycles. The van der Waals surface area contributed by atoms with Crippen LogP contribution in [0.3, 0.4) is 0 Å². The second kappa shape index (κ2) is 9.00. The first-order valence-corrected chi connectivity index (χ1v) is 12.7. The van der Waals surface area contributed by atoms with E-state index in [2.05, 4.69) is 35.1 Å². The van der Waals surface area contributed by atoms with Gasteiger partial charge in [0.2, 0.25) is 0 Å². The van der Waals surface area contributed by atoms with Crippen LogP contribution in [0.2, 0.25) is 0 Å². The standard InChI is InChI=1S/C26H34N4OS/c1-17(2)31-24-10-7-18(15-22(24)27)26-28-16-25(32-26)21-6-4-5-20-19(21)8-9-23(20)30-13-11-29(3)12-14-30/h4,6-7,10,15-17,20,23H,5,8-9,11-14,27H2,1-3H3. The zero-order valence-electron chi connectivity index (χ0n) is 19.4. The minimum Gasteiger partial charge on any atom is -0.489 e. The molecule has 5 nitrogen and oxygen atoms in total. The van der Waals surface area contributed by atoms with Crippen molar-refractivity contribution in [3.8, 4) is 16.3 Å². The summed E-state index contributed by atoms with van der Waals surface area (Å²) >= 11 is 1.77. The van der Waals surface area contributed by atoms with Gasteiger partial charge in [0.15, 0.2) is 0 Å². The number of aromatic nitrogens is 1. The van der Waals surface area contributed by atoms with Crippen LogP contribution < -0.4 is 10.5 Å². The van der Waals surface area contributed by atoms with E-state index in [1.165, 1.54) is 55.9 Å². The van der Waals surface area contributed by atoms with Gasteiger partial charge in [0.05, 0.1) is 16.7 Å². The monoisotopic (exact) mass is 450 g/mol. The van der Waals surface area contributed by atoms with Crippen LogP contribution in [-0.2, 0) is 0 Å². The van der Waals surface area contributed by atoms with E-state index in [1.54, 1.807) is 16.9 Å². The van der Waals surface area contributed by atoms with Crippen LogP contribution in [0.5, 0.6) is 5.75 Å². The number of nitrogen functional groups attached to an aromatic ring is 1. The number of fused-ring (bicyclic) bond motifs is 1. The lowest BCUT2D eigenvalue weighted by molar-refractivity contribution is 0.0963. The first kappa shape index (κ1) is 21.7. The molecule has 2 unspecified atom stereocenters. The summed E-state index contributed by atoms with van der Waals surface area (Å²) < 4.78 is 5.78. The zero-order chi connectivity index (χ0) is 22.2. The van der Waals surface area contributed by atoms with Gasteiger partial charge in [0.25, 0.3) is 0 Å². The maximum Gasteiger partial charge on any atom is 0.142 e. The summed E-state index contributed by atoms with van der Waals surface area (Å²) in [5.74, 6) is 1.40. The van der Waals surface area contributed by atoms with Crippen molar-refractivity contribution in [1.82, 2.24) is 14.8 Å². The summed E-state index contributed by atoms with van der Waals surface area (Å²) in [6.45, 7) is 8.80. The molecular formula is C26H34N4OS. The second-order valence-corrected chi connectivity index (χ2v) is 10.6. The van der Waals surface area contributed by atoms with Gasteiger partial charge in [-0.25, -0.2) is 4.98 Å². The maximum atomic E-state index is 6.25. The summed E-state index contributed by atoms with van der Waals surface area (Å²) in [5, 5.41) is 1.01. The van der Waals surface area contributed by atoms with Crippen molar-refractivity contribution in [2.24, 2.45) is 5.92 Å². The number of anilines is 1. The number of benzene rings is 1. The van der Waals surface area contributed by atoms with Crippen molar-refractivity contribution >= 4 is 22.6 Å². The van der Waals surface area contributed by atoms with Gasteiger partial charge in [-0.2, -0.15) is 0 Å². The van der Waals surface area contributed by atoms with Gasteiger partial charge in [-0.3, -0.25) is 4.90 Å². The molecule has 2 aliphatic carbocycles. The van der Waals surface area contributed by atoms with E-state index in [1.807, 2.05) is 32.2 Å². The molecule has 0 amide bonds. The quantitative estimate of drug-likeness (QED) is 0.656. The van der Waals surface area contributed by atoms with E-state index in [9.17, 15) is 0 Å². The number of hydrogen-bond donors (Lipinski definition) is 1. The lowest BCUT2D eigenvalue weighted by atomic mass is 9.86. The third-order valence-corrected chi connectivity index (χ3v) is 8.12. The minimum atomic E-state index is 0.107. The summed E-state index contributed by atoms with van der Waals surface area (Å²) in [7, 11) is 2.23. The predicted octanol–water partition coefficient (Wildman–Crippen LogP) is 4.92. The van der Waals surface area contributed by atoms with Gasteiger partial charge >= 0.3 is 0 Å². The van der Waals surface area contributed by atoms with Gasteiger partial charge in [-0.05, 0) is 69.8 Å². The van der Waals surface area contributed by atoms with Crippen LogP contribution in [0.4, 0.5) is 5.69 Å². The molecule has 2 N–H and O–H groups in total. The fourth-order valence-corrected chi connectivity index (χ4v) is 6.37. The average molecular weight is 451 g/mol. The average Bonchev–Trinajstić information content (AvgIpc) is 3.43. The molecule has 2 atom stereocenters. The van der Waals surface area contributed by atoms with Gasteiger partial charge < -0.3 is 15.4 Å². The van der Waals surface area contributed by atoms with E-state index < -0.39 is 0 Å². The highest BCUT2D eigenvalue weighted by molar-refractivity contribution is 7.16. The summed E-state index contributed by atoms with van der Waals surface area (Å²) in [5.41, 5.74) is 11.0. The van der Waals surface area contributed by atoms with Crippen molar-refractivity contribution in [2.45, 2.75) is 45.3 Å². The van der Waals surface area contributed by atoms with Crippen molar-refractivity contribution in [2.75, 3.05) is 39.0 Å². The lowest BCUT2D eigenvalue weighted by Gasteiger charge is -2.39. The predicted molar refractivity (Wildman–Crippen MR) is 134 cm³/mol. The molecule has 5 rings (SSSR count). The van der Waals surface area contributed by atoms with Crippen LogP contribution in [0.15, 0.2) is 42.1 Å². The van der Waals surface area contributed by atoms with Crippen LogP contribution >= 0.6 is 11.3 Å². The highest BCUT2D eigenvalue weighted by Crippen LogP contribution is 2.46. The van der Waals surface area contributed by atoms with E-state index in [0.717, 1.165) is 16.3 Å². The second-order valence-electron chi connectivity index (χ2n) is 9.58. The van der Waals surface area contributed by atoms with Gasteiger partial charge in [-0.1, -0.05) is 17.7 Å². The Kier molecular flexibility index (Phi) is 6.10. The van der Waals surface area contributed by atoms with E-state index >= 15 is 0 Å². The number of likely N-dealkylation sites (N-methyl/N-ethyl adjacent to an activating group) is 1. The molecule has 1 aromatic carbocycles. The fourth-order valence-electron chi connectivity index (χ4n) is 5.40. The molecule has 1 saturated carbocycles. The van der Waals surface area contributed by atoms with Crippen molar-refractivity contribution < 1.29 is 4.74 Å². The van der Waals surface area contributed by atoms with Crippen LogP contribution in [-0.4, -0.2) is 60.2 Å². The van der Waals surface area contributed by atoms with Gasteiger partial charge in [0.1, 0.15) is 10.8 Å². The Hall–Kier alpha value is -2.15. The molecule has 1 aliphatic heterocycles. The number of piperazine rings is 1. The Balaban J connectivity index is 1.37. The Bertz CT molecular complexity index is 1030. The number of thiazole rings is 1. The largest absolute Gasteiger partial charge is 0.489 e. The summed E-state index contributed by atoms with van der Waals surface area (Å²) in [4.78, 5) is 11.2. The molecule has 3 aliphatic rings. The molecule has 0 radical (unpaired) electrons.